The van der Waals surface area contributed by atoms with E-state index in [1.165, 1.54) is 0 Å². The predicted molar refractivity (Wildman–Crippen MR) is 124 cm³/mol. The van der Waals surface area contributed by atoms with Crippen LogP contribution in [0.2, 0.25) is 0 Å². The Balaban J connectivity index is 2.44. The monoisotopic (exact) mass is 449 g/mol. The molecule has 164 valence electrons. The molecule has 0 fully saturated rings. The van der Waals surface area contributed by atoms with Crippen molar-refractivity contribution < 1.29 is 17.9 Å². The van der Waals surface area contributed by atoms with E-state index in [4.69, 9.17) is 4.74 Å². The highest BCUT2D eigenvalue weighted by atomic mass is 33.1. The van der Waals surface area contributed by atoms with Crippen LogP contribution in [0.15, 0.2) is 46.2 Å². The minimum Gasteiger partial charge on any atom is -0.444 e. The maximum absolute atomic E-state index is 13.0. The van der Waals surface area contributed by atoms with Crippen LogP contribution in [0.25, 0.3) is 0 Å². The maximum Gasteiger partial charge on any atom is 0.412 e. The van der Waals surface area contributed by atoms with Gasteiger partial charge in [0.05, 0.1) is 4.90 Å². The van der Waals surface area contributed by atoms with Crippen LogP contribution >= 0.6 is 10.8 Å². The number of benzene rings is 2. The lowest BCUT2D eigenvalue weighted by molar-refractivity contribution is 0.0635. The van der Waals surface area contributed by atoms with Gasteiger partial charge >= 0.3 is 6.09 Å². The second-order valence-electron chi connectivity index (χ2n) is 9.39. The summed E-state index contributed by atoms with van der Waals surface area (Å²) >= 11 is 0. The quantitative estimate of drug-likeness (QED) is 0.545. The predicted octanol–water partition coefficient (Wildman–Crippen LogP) is 6.43. The molecule has 2 rings (SSSR count). The highest BCUT2D eigenvalue weighted by molar-refractivity contribution is 8.72. The normalized spacial score (nSPS) is 12.5. The van der Waals surface area contributed by atoms with Gasteiger partial charge in [0, 0.05) is 21.4 Å². The average molecular weight is 450 g/mol. The molecule has 0 spiro atoms. The van der Waals surface area contributed by atoms with Gasteiger partial charge in [-0.15, -0.1) is 0 Å². The van der Waals surface area contributed by atoms with Gasteiger partial charge in [0.1, 0.15) is 5.60 Å². The number of anilines is 1. The maximum atomic E-state index is 13.0. The van der Waals surface area contributed by atoms with Crippen LogP contribution in [0.3, 0.4) is 0 Å². The highest BCUT2D eigenvalue weighted by Gasteiger charge is 2.26. The van der Waals surface area contributed by atoms with Crippen LogP contribution in [0.5, 0.6) is 0 Å². The molecule has 1 N–H and O–H groups in total. The molecular formula is C23H31NO4S2. The molecule has 0 atom stereocenters. The largest absolute Gasteiger partial charge is 0.444 e. The summed E-state index contributed by atoms with van der Waals surface area (Å²) < 4.78 is 31.3. The fourth-order valence-electron chi connectivity index (χ4n) is 2.76. The van der Waals surface area contributed by atoms with E-state index in [0.29, 0.717) is 10.6 Å². The smallest absolute Gasteiger partial charge is 0.412 e. The SMILES string of the molecule is Cc1ccc(S(=O)(=O)Sc2cc(C)c(NC(=O)OC(C)(C)C)cc2C(C)(C)C)cc1. The summed E-state index contributed by atoms with van der Waals surface area (Å²) in [7, 11) is -2.75. The Labute approximate surface area is 183 Å². The number of nitrogens with one attached hydrogen (secondary N) is 1. The van der Waals surface area contributed by atoms with Crippen molar-refractivity contribution in [2.45, 2.75) is 76.2 Å². The molecule has 0 saturated carbocycles. The fourth-order valence-corrected chi connectivity index (χ4v) is 5.98. The molecule has 0 radical (unpaired) electrons. The summed E-state index contributed by atoms with van der Waals surface area (Å²) in [5.41, 5.74) is 2.26. The topological polar surface area (TPSA) is 72.5 Å². The first-order valence-electron chi connectivity index (χ1n) is 9.75. The summed E-state index contributed by atoms with van der Waals surface area (Å²) in [4.78, 5) is 13.2. The molecular weight excluding hydrogens is 418 g/mol. The van der Waals surface area contributed by atoms with E-state index < -0.39 is 20.6 Å². The van der Waals surface area contributed by atoms with Gasteiger partial charge in [-0.05, 0) is 75.4 Å². The Morgan fingerprint density at radius 2 is 1.53 bits per heavy atom. The van der Waals surface area contributed by atoms with E-state index >= 15 is 0 Å². The van der Waals surface area contributed by atoms with Crippen LogP contribution in [0.1, 0.15) is 58.2 Å². The Bertz CT molecular complexity index is 1030. The molecule has 30 heavy (non-hydrogen) atoms. The standard InChI is InChI=1S/C23H31NO4S2/c1-15-9-11-17(12-10-15)30(26,27)29-20-13-16(2)19(14-18(20)22(3,4)5)24-21(25)28-23(6,7)8/h9-14H,1-8H3,(H,24,25). The van der Waals surface area contributed by atoms with Gasteiger partial charge < -0.3 is 4.74 Å². The summed E-state index contributed by atoms with van der Waals surface area (Å²) in [6, 6.07) is 10.5. The minimum absolute atomic E-state index is 0.270. The molecule has 0 aliphatic heterocycles. The summed E-state index contributed by atoms with van der Waals surface area (Å²) in [6.07, 6.45) is -0.543. The molecule has 0 saturated heterocycles. The summed E-state index contributed by atoms with van der Waals surface area (Å²) in [6.45, 7) is 15.2. The minimum atomic E-state index is -3.58. The van der Waals surface area contributed by atoms with E-state index in [0.717, 1.165) is 27.5 Å². The van der Waals surface area contributed by atoms with E-state index in [1.54, 1.807) is 45.0 Å². The van der Waals surface area contributed by atoms with Gasteiger partial charge in [-0.3, -0.25) is 5.32 Å². The van der Waals surface area contributed by atoms with Gasteiger partial charge in [-0.25, -0.2) is 13.2 Å². The summed E-state index contributed by atoms with van der Waals surface area (Å²) in [5, 5.41) is 2.79. The average Bonchev–Trinajstić information content (AvgIpc) is 2.54. The van der Waals surface area contributed by atoms with Gasteiger partial charge in [-0.1, -0.05) is 38.5 Å². The van der Waals surface area contributed by atoms with Gasteiger partial charge in [0.2, 0.25) is 8.87 Å². The van der Waals surface area contributed by atoms with Crippen molar-refractivity contribution in [2.24, 2.45) is 0 Å². The van der Waals surface area contributed by atoms with E-state index in [-0.39, 0.29) is 10.3 Å². The number of carbonyl (C=O) groups is 1. The van der Waals surface area contributed by atoms with Crippen LogP contribution in [-0.2, 0) is 19.0 Å². The van der Waals surface area contributed by atoms with Crippen molar-refractivity contribution in [3.05, 3.63) is 53.1 Å². The van der Waals surface area contributed by atoms with Crippen LogP contribution in [0.4, 0.5) is 10.5 Å². The third-order valence-electron chi connectivity index (χ3n) is 4.28. The zero-order valence-electron chi connectivity index (χ0n) is 18.9. The Hall–Kier alpha value is -1.99. The third-order valence-corrected chi connectivity index (χ3v) is 7.64. The molecule has 7 heteroatoms. The fraction of sp³-hybridized carbons (Fsp3) is 0.435. The number of amides is 1. The molecule has 0 unspecified atom stereocenters. The second kappa shape index (κ2) is 8.63. The van der Waals surface area contributed by atoms with Crippen molar-refractivity contribution in [3.8, 4) is 0 Å². The first kappa shape index (κ1) is 24.3. The molecule has 0 heterocycles. The Kier molecular flexibility index (Phi) is 6.99. The third kappa shape index (κ3) is 6.51. The molecule has 0 bridgehead atoms. The van der Waals surface area contributed by atoms with Crippen LogP contribution < -0.4 is 5.32 Å². The zero-order valence-corrected chi connectivity index (χ0v) is 20.5. The molecule has 0 aromatic heterocycles. The number of rotatable bonds is 4. The first-order valence-corrected chi connectivity index (χ1v) is 12.6. The number of ether oxygens (including phenoxy) is 1. The van der Waals surface area contributed by atoms with Crippen molar-refractivity contribution >= 4 is 31.4 Å². The number of hydrogen-bond donors (Lipinski definition) is 1. The second-order valence-corrected chi connectivity index (χ2v) is 13.2. The number of carbonyl (C=O) groups excluding carboxylic acids is 1. The van der Waals surface area contributed by atoms with E-state index in [9.17, 15) is 13.2 Å². The highest BCUT2D eigenvalue weighted by Crippen LogP contribution is 2.40. The van der Waals surface area contributed by atoms with Crippen molar-refractivity contribution in [1.29, 1.82) is 0 Å². The summed E-state index contributed by atoms with van der Waals surface area (Å²) in [5.74, 6) is 0. The molecule has 2 aromatic rings. The number of aryl methyl sites for hydroxylation is 2. The van der Waals surface area contributed by atoms with Crippen molar-refractivity contribution in [3.63, 3.8) is 0 Å². The number of hydrogen-bond acceptors (Lipinski definition) is 5. The first-order chi connectivity index (χ1) is 13.6. The van der Waals surface area contributed by atoms with Gasteiger partial charge in [-0.2, -0.15) is 0 Å². The zero-order chi connectivity index (χ0) is 22.9. The van der Waals surface area contributed by atoms with Crippen molar-refractivity contribution in [2.75, 3.05) is 5.32 Å². The van der Waals surface area contributed by atoms with Crippen LogP contribution in [-0.4, -0.2) is 20.1 Å². The molecule has 0 aliphatic carbocycles. The van der Waals surface area contributed by atoms with E-state index in [2.05, 4.69) is 5.32 Å². The van der Waals surface area contributed by atoms with Gasteiger partial charge in [0.15, 0.2) is 0 Å². The lowest BCUT2D eigenvalue weighted by Crippen LogP contribution is -2.27. The molecule has 1 amide bonds. The van der Waals surface area contributed by atoms with Gasteiger partial charge in [0.25, 0.3) is 0 Å². The van der Waals surface area contributed by atoms with Crippen molar-refractivity contribution in [1.82, 2.24) is 0 Å². The lowest BCUT2D eigenvalue weighted by Gasteiger charge is -2.25. The molecule has 0 aliphatic rings. The van der Waals surface area contributed by atoms with E-state index in [1.807, 2.05) is 46.8 Å². The molecule has 2 aromatic carbocycles. The van der Waals surface area contributed by atoms with Crippen LogP contribution in [0, 0.1) is 13.8 Å². The Morgan fingerprint density at radius 1 is 0.967 bits per heavy atom. The lowest BCUT2D eigenvalue weighted by atomic mass is 9.86. The molecule has 5 nitrogen and oxygen atoms in total. The Morgan fingerprint density at radius 3 is 2.03 bits per heavy atom.